The number of benzene rings is 1. The lowest BCUT2D eigenvalue weighted by Gasteiger charge is -1.98. The largest absolute Gasteiger partial charge is 0.389 e. The number of rotatable bonds is 5. The van der Waals surface area contributed by atoms with Crippen molar-refractivity contribution in [1.29, 1.82) is 0 Å². The van der Waals surface area contributed by atoms with Crippen molar-refractivity contribution in [1.82, 2.24) is 9.78 Å². The second-order valence-corrected chi connectivity index (χ2v) is 3.86. The normalized spacial score (nSPS) is 10.2. The SMILES string of the molecule is O=C(Cn1ccc([N+](=O)[O-])n1)c1ccc([N+](=O)[O-])cc1. The van der Waals surface area contributed by atoms with E-state index in [1.165, 1.54) is 36.5 Å². The van der Waals surface area contributed by atoms with Crippen LogP contribution in [-0.2, 0) is 6.54 Å². The fourth-order valence-corrected chi connectivity index (χ4v) is 1.54. The van der Waals surface area contributed by atoms with Gasteiger partial charge in [0, 0.05) is 17.7 Å². The van der Waals surface area contributed by atoms with E-state index < -0.39 is 9.85 Å². The zero-order valence-corrected chi connectivity index (χ0v) is 10.0. The lowest BCUT2D eigenvalue weighted by Crippen LogP contribution is -2.11. The van der Waals surface area contributed by atoms with Crippen molar-refractivity contribution in [3.63, 3.8) is 0 Å². The third kappa shape index (κ3) is 2.83. The van der Waals surface area contributed by atoms with Gasteiger partial charge in [-0.25, -0.2) is 0 Å². The van der Waals surface area contributed by atoms with E-state index in [2.05, 4.69) is 5.10 Å². The van der Waals surface area contributed by atoms with E-state index in [0.29, 0.717) is 0 Å². The summed E-state index contributed by atoms with van der Waals surface area (Å²) in [6.07, 6.45) is 1.32. The van der Waals surface area contributed by atoms with Gasteiger partial charge in [0.25, 0.3) is 5.69 Å². The Morgan fingerprint density at radius 1 is 1.10 bits per heavy atom. The molecule has 0 amide bonds. The average molecular weight is 276 g/mol. The molecule has 0 bridgehead atoms. The summed E-state index contributed by atoms with van der Waals surface area (Å²) in [5.41, 5.74) is 0.157. The van der Waals surface area contributed by atoms with Gasteiger partial charge in [-0.1, -0.05) is 0 Å². The van der Waals surface area contributed by atoms with E-state index in [1.807, 2.05) is 0 Å². The van der Waals surface area contributed by atoms with E-state index in [4.69, 9.17) is 0 Å². The maximum atomic E-state index is 11.9. The molecule has 20 heavy (non-hydrogen) atoms. The summed E-state index contributed by atoms with van der Waals surface area (Å²) in [6.45, 7) is -0.175. The van der Waals surface area contributed by atoms with Crippen LogP contribution in [0.25, 0.3) is 0 Å². The van der Waals surface area contributed by atoms with Gasteiger partial charge in [0.05, 0.1) is 22.3 Å². The van der Waals surface area contributed by atoms with Crippen LogP contribution in [0.4, 0.5) is 11.5 Å². The molecule has 0 fully saturated rings. The number of carbonyl (C=O) groups excluding carboxylic acids is 1. The highest BCUT2D eigenvalue weighted by molar-refractivity contribution is 5.96. The van der Waals surface area contributed by atoms with Gasteiger partial charge >= 0.3 is 5.82 Å². The minimum atomic E-state index is -0.660. The number of ketones is 1. The Morgan fingerprint density at radius 2 is 1.75 bits per heavy atom. The molecular weight excluding hydrogens is 268 g/mol. The molecule has 1 aromatic heterocycles. The summed E-state index contributed by atoms with van der Waals surface area (Å²) in [7, 11) is 0. The van der Waals surface area contributed by atoms with Gasteiger partial charge in [-0.05, 0) is 17.1 Å². The fraction of sp³-hybridized carbons (Fsp3) is 0.0909. The number of aromatic nitrogens is 2. The summed E-state index contributed by atoms with van der Waals surface area (Å²) in [5.74, 6) is -0.695. The Labute approximate surface area is 111 Å². The van der Waals surface area contributed by atoms with Crippen molar-refractivity contribution < 1.29 is 14.6 Å². The first-order chi connectivity index (χ1) is 9.47. The number of hydrogen-bond donors (Lipinski definition) is 0. The zero-order valence-electron chi connectivity index (χ0n) is 10.0. The lowest BCUT2D eigenvalue weighted by atomic mass is 10.1. The van der Waals surface area contributed by atoms with Gasteiger partial charge in [0.1, 0.15) is 6.54 Å². The molecule has 0 N–H and O–H groups in total. The molecule has 2 aromatic rings. The molecule has 0 spiro atoms. The van der Waals surface area contributed by atoms with Crippen LogP contribution in [0.2, 0.25) is 0 Å². The first-order valence-corrected chi connectivity index (χ1v) is 5.43. The summed E-state index contributed by atoms with van der Waals surface area (Å²) >= 11 is 0. The second kappa shape index (κ2) is 5.26. The third-order valence-corrected chi connectivity index (χ3v) is 2.52. The highest BCUT2D eigenvalue weighted by atomic mass is 16.6. The molecule has 1 heterocycles. The highest BCUT2D eigenvalue weighted by Crippen LogP contribution is 2.13. The molecule has 0 saturated carbocycles. The van der Waals surface area contributed by atoms with Crippen LogP contribution >= 0.6 is 0 Å². The predicted molar refractivity (Wildman–Crippen MR) is 66.3 cm³/mol. The van der Waals surface area contributed by atoms with Gasteiger partial charge in [0.2, 0.25) is 0 Å². The second-order valence-electron chi connectivity index (χ2n) is 3.86. The molecule has 9 nitrogen and oxygen atoms in total. The Morgan fingerprint density at radius 3 is 2.25 bits per heavy atom. The van der Waals surface area contributed by atoms with Gasteiger partial charge < -0.3 is 10.1 Å². The van der Waals surface area contributed by atoms with E-state index in [9.17, 15) is 25.0 Å². The van der Waals surface area contributed by atoms with Crippen molar-refractivity contribution in [2.75, 3.05) is 0 Å². The van der Waals surface area contributed by atoms with Crippen LogP contribution < -0.4 is 0 Å². The first-order valence-electron chi connectivity index (χ1n) is 5.43. The van der Waals surface area contributed by atoms with Crippen molar-refractivity contribution in [2.24, 2.45) is 0 Å². The molecular formula is C11H8N4O5. The Hall–Kier alpha value is -3.10. The minimum absolute atomic E-state index is 0.115. The van der Waals surface area contributed by atoms with Crippen LogP contribution in [0.3, 0.4) is 0 Å². The molecule has 2 rings (SSSR count). The number of Topliss-reactive ketones (excluding diaryl/α,β-unsaturated/α-hetero) is 1. The number of hydrogen-bond acceptors (Lipinski definition) is 6. The molecule has 0 aliphatic heterocycles. The van der Waals surface area contributed by atoms with Crippen LogP contribution in [0.1, 0.15) is 10.4 Å². The average Bonchev–Trinajstić information content (AvgIpc) is 2.87. The summed E-state index contributed by atoms with van der Waals surface area (Å²) in [6, 6.07) is 6.29. The molecule has 9 heteroatoms. The summed E-state index contributed by atoms with van der Waals surface area (Å²) in [4.78, 5) is 31.6. The number of nitro benzene ring substituents is 1. The molecule has 0 radical (unpaired) electrons. The Balaban J connectivity index is 2.11. The fourth-order valence-electron chi connectivity index (χ4n) is 1.54. The highest BCUT2D eigenvalue weighted by Gasteiger charge is 2.15. The molecule has 0 aliphatic carbocycles. The van der Waals surface area contributed by atoms with E-state index in [1.54, 1.807) is 0 Å². The first kappa shape index (κ1) is 13.3. The molecule has 102 valence electrons. The van der Waals surface area contributed by atoms with Crippen LogP contribution in [-0.4, -0.2) is 25.4 Å². The van der Waals surface area contributed by atoms with Crippen molar-refractivity contribution in [3.05, 3.63) is 62.3 Å². The van der Waals surface area contributed by atoms with Crippen molar-refractivity contribution in [3.8, 4) is 0 Å². The minimum Gasteiger partial charge on any atom is -0.358 e. The van der Waals surface area contributed by atoms with Crippen LogP contribution in [0, 0.1) is 20.2 Å². The standard InChI is InChI=1S/C11H8N4O5/c16-10(7-13-6-5-11(12-13)15(19)20)8-1-3-9(4-2-8)14(17)18/h1-6H,7H2. The van der Waals surface area contributed by atoms with E-state index >= 15 is 0 Å². The monoisotopic (exact) mass is 276 g/mol. The van der Waals surface area contributed by atoms with Gasteiger partial charge in [-0.2, -0.15) is 4.68 Å². The van der Waals surface area contributed by atoms with Crippen molar-refractivity contribution >= 4 is 17.3 Å². The molecule has 0 aliphatic rings. The number of non-ortho nitro benzene ring substituents is 1. The summed E-state index contributed by atoms with van der Waals surface area (Å²) in [5, 5.41) is 24.5. The van der Waals surface area contributed by atoms with E-state index in [-0.39, 0.29) is 29.4 Å². The van der Waals surface area contributed by atoms with Gasteiger partial charge in [-0.15, -0.1) is 0 Å². The topological polar surface area (TPSA) is 121 Å². The van der Waals surface area contributed by atoms with E-state index in [0.717, 1.165) is 4.68 Å². The maximum absolute atomic E-state index is 11.9. The zero-order chi connectivity index (χ0) is 14.7. The molecule has 1 aromatic carbocycles. The Bertz CT molecular complexity index is 676. The number of carbonyl (C=O) groups is 1. The summed E-state index contributed by atoms with van der Waals surface area (Å²) < 4.78 is 1.14. The predicted octanol–water partition coefficient (Wildman–Crippen LogP) is 1.58. The maximum Gasteiger partial charge on any atom is 0.389 e. The van der Waals surface area contributed by atoms with Gasteiger partial charge in [0.15, 0.2) is 5.78 Å². The number of nitrogens with zero attached hydrogens (tertiary/aromatic N) is 4. The lowest BCUT2D eigenvalue weighted by molar-refractivity contribution is -0.389. The molecule has 0 atom stereocenters. The molecule has 0 unspecified atom stereocenters. The van der Waals surface area contributed by atoms with Gasteiger partial charge in [-0.3, -0.25) is 14.9 Å². The van der Waals surface area contributed by atoms with Crippen LogP contribution in [0.15, 0.2) is 36.5 Å². The van der Waals surface area contributed by atoms with Crippen molar-refractivity contribution in [2.45, 2.75) is 6.54 Å². The Kier molecular flexibility index (Phi) is 3.51. The number of nitro groups is 2. The quantitative estimate of drug-likeness (QED) is 0.464. The third-order valence-electron chi connectivity index (χ3n) is 2.52. The van der Waals surface area contributed by atoms with Crippen LogP contribution in [0.5, 0.6) is 0 Å². The smallest absolute Gasteiger partial charge is 0.358 e. The molecule has 0 saturated heterocycles.